The van der Waals surface area contributed by atoms with Gasteiger partial charge in [-0.3, -0.25) is 9.36 Å². The van der Waals surface area contributed by atoms with E-state index in [0.29, 0.717) is 0 Å². The van der Waals surface area contributed by atoms with Crippen LogP contribution in [0.4, 0.5) is 0 Å². The number of aromatic nitrogens is 2. The van der Waals surface area contributed by atoms with Crippen LogP contribution in [0.2, 0.25) is 0 Å². The molecule has 0 spiro atoms. The van der Waals surface area contributed by atoms with Crippen LogP contribution in [0.3, 0.4) is 0 Å². The Morgan fingerprint density at radius 3 is 2.89 bits per heavy atom. The Hall–Kier alpha value is -3.66. The minimum atomic E-state index is -0.183. The molecule has 4 aromatic rings. The van der Waals surface area contributed by atoms with Gasteiger partial charge in [0.15, 0.2) is 0 Å². The molecule has 0 amide bonds. The summed E-state index contributed by atoms with van der Waals surface area (Å²) in [5.74, 6) is 0.723. The van der Waals surface area contributed by atoms with Crippen molar-refractivity contribution in [3.05, 3.63) is 84.3 Å². The van der Waals surface area contributed by atoms with Crippen LogP contribution in [0, 0.1) is 11.8 Å². The summed E-state index contributed by atoms with van der Waals surface area (Å²) >= 11 is 0. The SMILES string of the molecule is O=C1C2C=CC=C3C=CC=C(c4nc5cc6oc7ccccc7c6cc5n41)C32. The number of para-hydroxylation sites is 1. The molecule has 2 aliphatic carbocycles. The molecule has 0 bridgehead atoms. The number of fused-ring (bicyclic) bond motifs is 7. The lowest BCUT2D eigenvalue weighted by Gasteiger charge is -2.35. The minimum Gasteiger partial charge on any atom is -0.456 e. The Balaban J connectivity index is 1.59. The molecular weight excluding hydrogens is 348 g/mol. The number of carbonyl (C=O) groups excluding carboxylic acids is 1. The summed E-state index contributed by atoms with van der Waals surface area (Å²) in [5.41, 5.74) is 5.57. The van der Waals surface area contributed by atoms with Crippen LogP contribution in [-0.4, -0.2) is 15.5 Å². The standard InChI is InChI=1S/C24H14N2O2/c27-24-16-9-4-6-13-5-3-8-15(22(13)16)23-25-18-12-21-17(11-19(18)26(23)24)14-7-1-2-10-20(14)28-21/h1-12,16,22H. The molecule has 0 saturated carbocycles. The van der Waals surface area contributed by atoms with Crippen molar-refractivity contribution in [2.75, 3.05) is 0 Å². The van der Waals surface area contributed by atoms with Gasteiger partial charge in [0.25, 0.3) is 0 Å². The Morgan fingerprint density at radius 1 is 1.00 bits per heavy atom. The van der Waals surface area contributed by atoms with E-state index < -0.39 is 0 Å². The highest BCUT2D eigenvalue weighted by Gasteiger charge is 2.42. The van der Waals surface area contributed by atoms with Gasteiger partial charge in [-0.1, -0.05) is 54.7 Å². The summed E-state index contributed by atoms with van der Waals surface area (Å²) in [4.78, 5) is 18.3. The third-order valence-electron chi connectivity index (χ3n) is 6.14. The molecule has 2 aromatic carbocycles. The van der Waals surface area contributed by atoms with Gasteiger partial charge in [-0.15, -0.1) is 0 Å². The maximum Gasteiger partial charge on any atom is 0.240 e. The monoisotopic (exact) mass is 362 g/mol. The molecule has 3 aliphatic rings. The van der Waals surface area contributed by atoms with Crippen molar-refractivity contribution in [2.45, 2.75) is 0 Å². The first kappa shape index (κ1) is 14.4. The number of hydrogen-bond acceptors (Lipinski definition) is 3. The van der Waals surface area contributed by atoms with E-state index in [1.54, 1.807) is 4.57 Å². The number of allylic oxidation sites excluding steroid dienone is 8. The van der Waals surface area contributed by atoms with Crippen LogP contribution in [0.1, 0.15) is 10.6 Å². The van der Waals surface area contributed by atoms with Crippen LogP contribution >= 0.6 is 0 Å². The largest absolute Gasteiger partial charge is 0.456 e. The van der Waals surface area contributed by atoms with Crippen molar-refractivity contribution in [1.82, 2.24) is 9.55 Å². The zero-order valence-corrected chi connectivity index (χ0v) is 14.8. The topological polar surface area (TPSA) is 48.0 Å². The van der Waals surface area contributed by atoms with Crippen LogP contribution in [0.5, 0.6) is 0 Å². The number of carbonyl (C=O) groups is 1. The first-order valence-corrected chi connectivity index (χ1v) is 9.44. The molecule has 28 heavy (non-hydrogen) atoms. The third-order valence-corrected chi connectivity index (χ3v) is 6.14. The zero-order chi connectivity index (χ0) is 18.4. The first-order chi connectivity index (χ1) is 13.8. The lowest BCUT2D eigenvalue weighted by molar-refractivity contribution is 0.0839. The normalized spacial score (nSPS) is 22.5. The van der Waals surface area contributed by atoms with E-state index in [0.717, 1.165) is 44.4 Å². The van der Waals surface area contributed by atoms with Gasteiger partial charge in [-0.25, -0.2) is 4.98 Å². The molecule has 0 saturated heterocycles. The lowest BCUT2D eigenvalue weighted by Crippen LogP contribution is -2.36. The highest BCUT2D eigenvalue weighted by atomic mass is 16.3. The minimum absolute atomic E-state index is 0.0654. The molecule has 132 valence electrons. The molecule has 2 unspecified atom stereocenters. The Morgan fingerprint density at radius 2 is 1.93 bits per heavy atom. The summed E-state index contributed by atoms with van der Waals surface area (Å²) < 4.78 is 7.82. The van der Waals surface area contributed by atoms with Gasteiger partial charge in [0.1, 0.15) is 17.0 Å². The number of imidazole rings is 1. The van der Waals surface area contributed by atoms with Gasteiger partial charge in [0, 0.05) is 28.3 Å². The Kier molecular flexibility index (Phi) is 2.46. The second kappa shape index (κ2) is 4.78. The van der Waals surface area contributed by atoms with Crippen molar-refractivity contribution in [3.8, 4) is 0 Å². The molecule has 2 aromatic heterocycles. The molecule has 0 radical (unpaired) electrons. The smallest absolute Gasteiger partial charge is 0.240 e. The zero-order valence-electron chi connectivity index (χ0n) is 14.8. The highest BCUT2D eigenvalue weighted by molar-refractivity contribution is 6.11. The van der Waals surface area contributed by atoms with E-state index in [2.05, 4.69) is 18.2 Å². The van der Waals surface area contributed by atoms with Crippen molar-refractivity contribution >= 4 is 44.5 Å². The second-order valence-electron chi connectivity index (χ2n) is 7.58. The summed E-state index contributed by atoms with van der Waals surface area (Å²) in [6.07, 6.45) is 12.3. The maximum atomic E-state index is 13.5. The van der Waals surface area contributed by atoms with Crippen molar-refractivity contribution in [1.29, 1.82) is 0 Å². The first-order valence-electron chi connectivity index (χ1n) is 9.44. The number of furan rings is 1. The van der Waals surface area contributed by atoms with Crippen LogP contribution in [0.15, 0.2) is 82.8 Å². The molecular formula is C24H14N2O2. The van der Waals surface area contributed by atoms with Gasteiger partial charge >= 0.3 is 0 Å². The molecule has 4 heteroatoms. The molecule has 4 nitrogen and oxygen atoms in total. The Labute approximate surface area is 159 Å². The fraction of sp³-hybridized carbons (Fsp3) is 0.0833. The summed E-state index contributed by atoms with van der Waals surface area (Å²) in [6.45, 7) is 0. The summed E-state index contributed by atoms with van der Waals surface area (Å²) in [6, 6.07) is 12.0. The predicted octanol–water partition coefficient (Wildman–Crippen LogP) is 5.27. The second-order valence-corrected chi connectivity index (χ2v) is 7.58. The molecule has 1 aliphatic heterocycles. The average Bonchev–Trinajstić information content (AvgIpc) is 3.28. The number of nitrogens with zero attached hydrogens (tertiary/aromatic N) is 2. The summed E-state index contributed by atoms with van der Waals surface area (Å²) in [7, 11) is 0. The van der Waals surface area contributed by atoms with E-state index >= 15 is 0 Å². The van der Waals surface area contributed by atoms with Gasteiger partial charge < -0.3 is 4.42 Å². The van der Waals surface area contributed by atoms with Crippen molar-refractivity contribution in [3.63, 3.8) is 0 Å². The van der Waals surface area contributed by atoms with E-state index in [9.17, 15) is 4.79 Å². The van der Waals surface area contributed by atoms with E-state index in [1.807, 2.05) is 54.6 Å². The van der Waals surface area contributed by atoms with E-state index in [1.165, 1.54) is 5.57 Å². The molecule has 7 rings (SSSR count). The highest BCUT2D eigenvalue weighted by Crippen LogP contribution is 2.46. The molecule has 0 fully saturated rings. The quantitative estimate of drug-likeness (QED) is 0.428. The molecule has 3 heterocycles. The number of benzene rings is 2. The van der Waals surface area contributed by atoms with Gasteiger partial charge in [0.2, 0.25) is 5.91 Å². The van der Waals surface area contributed by atoms with E-state index in [4.69, 9.17) is 9.40 Å². The number of rotatable bonds is 0. The van der Waals surface area contributed by atoms with Gasteiger partial charge in [0.05, 0.1) is 17.0 Å². The third kappa shape index (κ3) is 1.62. The molecule has 0 N–H and O–H groups in total. The lowest BCUT2D eigenvalue weighted by atomic mass is 9.72. The molecule has 2 atom stereocenters. The van der Waals surface area contributed by atoms with Crippen LogP contribution in [0.25, 0.3) is 38.5 Å². The van der Waals surface area contributed by atoms with Crippen molar-refractivity contribution < 1.29 is 9.21 Å². The summed E-state index contributed by atoms with van der Waals surface area (Å²) in [5, 5.41) is 2.07. The fourth-order valence-electron chi connectivity index (χ4n) is 4.91. The van der Waals surface area contributed by atoms with E-state index in [-0.39, 0.29) is 17.7 Å². The van der Waals surface area contributed by atoms with Crippen LogP contribution < -0.4 is 0 Å². The van der Waals surface area contributed by atoms with Gasteiger partial charge in [-0.2, -0.15) is 0 Å². The fourth-order valence-corrected chi connectivity index (χ4v) is 4.91. The van der Waals surface area contributed by atoms with Crippen molar-refractivity contribution in [2.24, 2.45) is 11.8 Å². The van der Waals surface area contributed by atoms with Gasteiger partial charge in [-0.05, 0) is 17.7 Å². The Bertz CT molecular complexity index is 1490. The number of hydrogen-bond donors (Lipinski definition) is 0. The maximum absolute atomic E-state index is 13.5. The van der Waals surface area contributed by atoms with Crippen LogP contribution in [-0.2, 0) is 0 Å². The average molecular weight is 362 g/mol. The predicted molar refractivity (Wildman–Crippen MR) is 109 cm³/mol.